The average molecular weight is 296 g/mol. The molecule has 1 aliphatic heterocycles. The van der Waals surface area contributed by atoms with Gasteiger partial charge in [0.2, 0.25) is 0 Å². The third-order valence-electron chi connectivity index (χ3n) is 3.89. The molecule has 1 N–H and O–H groups in total. The highest BCUT2D eigenvalue weighted by Crippen LogP contribution is 2.17. The van der Waals surface area contributed by atoms with Gasteiger partial charge in [0.25, 0.3) is 0 Å². The van der Waals surface area contributed by atoms with Crippen molar-refractivity contribution < 1.29 is 0 Å². The van der Waals surface area contributed by atoms with E-state index in [2.05, 4.69) is 48.4 Å². The lowest BCUT2D eigenvalue weighted by Gasteiger charge is -2.25. The molecule has 1 saturated heterocycles. The molecular formula is C15H28N4S. The van der Waals surface area contributed by atoms with Crippen LogP contribution in [0.3, 0.4) is 0 Å². The Morgan fingerprint density at radius 3 is 3.00 bits per heavy atom. The summed E-state index contributed by atoms with van der Waals surface area (Å²) >= 11 is 1.77. The van der Waals surface area contributed by atoms with Gasteiger partial charge in [-0.2, -0.15) is 0 Å². The van der Waals surface area contributed by atoms with Gasteiger partial charge in [-0.25, -0.2) is 4.98 Å². The highest BCUT2D eigenvalue weighted by atomic mass is 32.1. The molecule has 2 heterocycles. The summed E-state index contributed by atoms with van der Waals surface area (Å²) in [5, 5.41) is 6.82. The van der Waals surface area contributed by atoms with Crippen molar-refractivity contribution >= 4 is 11.3 Å². The van der Waals surface area contributed by atoms with Crippen LogP contribution in [0.1, 0.15) is 37.4 Å². The van der Waals surface area contributed by atoms with E-state index in [4.69, 9.17) is 4.98 Å². The summed E-state index contributed by atoms with van der Waals surface area (Å²) in [6.07, 6.45) is 2.68. The van der Waals surface area contributed by atoms with E-state index in [-0.39, 0.29) is 0 Å². The number of likely N-dealkylation sites (N-methyl/N-ethyl adjacent to an activating group) is 2. The molecule has 1 aromatic rings. The van der Waals surface area contributed by atoms with Gasteiger partial charge in [0.15, 0.2) is 0 Å². The van der Waals surface area contributed by atoms with Crippen LogP contribution in [-0.2, 0) is 13.1 Å². The first-order chi connectivity index (χ1) is 9.54. The minimum Gasteiger partial charge on any atom is -0.308 e. The smallest absolute Gasteiger partial charge is 0.107 e. The molecule has 1 aromatic heterocycles. The van der Waals surface area contributed by atoms with Crippen molar-refractivity contribution in [2.75, 3.05) is 27.2 Å². The number of hydrogen-bond acceptors (Lipinski definition) is 5. The van der Waals surface area contributed by atoms with Crippen LogP contribution in [0.4, 0.5) is 0 Å². The van der Waals surface area contributed by atoms with E-state index in [9.17, 15) is 0 Å². The Kier molecular flexibility index (Phi) is 5.96. The second-order valence-electron chi connectivity index (χ2n) is 6.24. The fraction of sp³-hybridized carbons (Fsp3) is 0.800. The molecule has 1 aliphatic rings. The van der Waals surface area contributed by atoms with Gasteiger partial charge in [-0.05, 0) is 33.5 Å². The summed E-state index contributed by atoms with van der Waals surface area (Å²) in [4.78, 5) is 9.60. The summed E-state index contributed by atoms with van der Waals surface area (Å²) in [5.41, 5.74) is 1.21. The molecule has 1 fully saturated rings. The molecule has 0 bridgehead atoms. The molecule has 4 nitrogen and oxygen atoms in total. The van der Waals surface area contributed by atoms with Crippen molar-refractivity contribution in [3.63, 3.8) is 0 Å². The maximum atomic E-state index is 4.72. The van der Waals surface area contributed by atoms with Gasteiger partial charge >= 0.3 is 0 Å². The SMILES string of the molecule is CC(C)NCc1nc(CN(C)CC2CCCN2C)cs1. The molecule has 0 aromatic carbocycles. The van der Waals surface area contributed by atoms with Gasteiger partial charge in [0.1, 0.15) is 5.01 Å². The maximum Gasteiger partial charge on any atom is 0.107 e. The van der Waals surface area contributed by atoms with Gasteiger partial charge in [0.05, 0.1) is 5.69 Å². The van der Waals surface area contributed by atoms with Gasteiger partial charge in [-0.15, -0.1) is 11.3 Å². The number of nitrogens with zero attached hydrogens (tertiary/aromatic N) is 3. The summed E-state index contributed by atoms with van der Waals surface area (Å²) in [6, 6.07) is 1.24. The quantitative estimate of drug-likeness (QED) is 0.835. The standard InChI is InChI=1S/C15H28N4S/c1-12(2)16-8-15-17-13(11-20-15)9-18(3)10-14-6-5-7-19(14)4/h11-12,14,16H,5-10H2,1-4H3. The molecule has 1 unspecified atom stereocenters. The first-order valence-electron chi connectivity index (χ1n) is 7.60. The predicted octanol–water partition coefficient (Wildman–Crippen LogP) is 2.17. The Hall–Kier alpha value is -0.490. The van der Waals surface area contributed by atoms with Crippen LogP contribution in [0, 0.1) is 0 Å². The van der Waals surface area contributed by atoms with Crippen molar-refractivity contribution in [3.8, 4) is 0 Å². The molecule has 114 valence electrons. The van der Waals surface area contributed by atoms with E-state index in [1.807, 2.05) is 0 Å². The lowest BCUT2D eigenvalue weighted by molar-refractivity contribution is 0.214. The number of rotatable bonds is 7. The highest BCUT2D eigenvalue weighted by Gasteiger charge is 2.22. The number of nitrogens with one attached hydrogen (secondary N) is 1. The minimum atomic E-state index is 0.517. The van der Waals surface area contributed by atoms with Crippen LogP contribution >= 0.6 is 11.3 Å². The molecule has 2 rings (SSSR count). The van der Waals surface area contributed by atoms with Crippen LogP contribution in [-0.4, -0.2) is 54.1 Å². The van der Waals surface area contributed by atoms with Crippen molar-refractivity contribution in [1.82, 2.24) is 20.1 Å². The van der Waals surface area contributed by atoms with Crippen LogP contribution in [0.2, 0.25) is 0 Å². The van der Waals surface area contributed by atoms with Gasteiger partial charge in [-0.1, -0.05) is 13.8 Å². The summed E-state index contributed by atoms with van der Waals surface area (Å²) in [7, 11) is 4.45. The van der Waals surface area contributed by atoms with Crippen molar-refractivity contribution in [2.45, 2.75) is 51.9 Å². The maximum absolute atomic E-state index is 4.72. The van der Waals surface area contributed by atoms with Crippen molar-refractivity contribution in [1.29, 1.82) is 0 Å². The Bertz CT molecular complexity index is 404. The van der Waals surface area contributed by atoms with Crippen LogP contribution < -0.4 is 5.32 Å². The molecule has 5 heteroatoms. The Morgan fingerprint density at radius 1 is 1.55 bits per heavy atom. The van der Waals surface area contributed by atoms with E-state index in [0.717, 1.165) is 25.7 Å². The average Bonchev–Trinajstić information content (AvgIpc) is 2.97. The Labute approximate surface area is 127 Å². The van der Waals surface area contributed by atoms with Gasteiger partial charge in [-0.3, -0.25) is 4.90 Å². The number of aromatic nitrogens is 1. The zero-order valence-electron chi connectivity index (χ0n) is 13.2. The van der Waals surface area contributed by atoms with Crippen LogP contribution in [0.25, 0.3) is 0 Å². The molecule has 0 saturated carbocycles. The normalized spacial score (nSPS) is 20.4. The third-order valence-corrected chi connectivity index (χ3v) is 4.78. The topological polar surface area (TPSA) is 31.4 Å². The second kappa shape index (κ2) is 7.50. The predicted molar refractivity (Wildman–Crippen MR) is 86.1 cm³/mol. The fourth-order valence-electron chi connectivity index (χ4n) is 2.70. The molecule has 0 aliphatic carbocycles. The minimum absolute atomic E-state index is 0.517. The van der Waals surface area contributed by atoms with Crippen molar-refractivity contribution in [3.05, 3.63) is 16.1 Å². The number of hydrogen-bond donors (Lipinski definition) is 1. The summed E-state index contributed by atoms with van der Waals surface area (Å²) in [5.74, 6) is 0. The van der Waals surface area contributed by atoms with E-state index in [0.29, 0.717) is 6.04 Å². The van der Waals surface area contributed by atoms with E-state index in [1.165, 1.54) is 30.1 Å². The third kappa shape index (κ3) is 4.81. The first-order valence-corrected chi connectivity index (χ1v) is 8.48. The number of likely N-dealkylation sites (tertiary alicyclic amines) is 1. The lowest BCUT2D eigenvalue weighted by atomic mass is 10.2. The summed E-state index contributed by atoms with van der Waals surface area (Å²) < 4.78 is 0. The van der Waals surface area contributed by atoms with Crippen LogP contribution in [0.15, 0.2) is 5.38 Å². The molecule has 0 spiro atoms. The monoisotopic (exact) mass is 296 g/mol. The van der Waals surface area contributed by atoms with Crippen molar-refractivity contribution in [2.24, 2.45) is 0 Å². The lowest BCUT2D eigenvalue weighted by Crippen LogP contribution is -2.36. The zero-order chi connectivity index (χ0) is 14.5. The fourth-order valence-corrected chi connectivity index (χ4v) is 3.44. The molecular weight excluding hydrogens is 268 g/mol. The highest BCUT2D eigenvalue weighted by molar-refractivity contribution is 7.09. The van der Waals surface area contributed by atoms with E-state index >= 15 is 0 Å². The van der Waals surface area contributed by atoms with E-state index < -0.39 is 0 Å². The second-order valence-corrected chi connectivity index (χ2v) is 7.18. The molecule has 1 atom stereocenters. The molecule has 20 heavy (non-hydrogen) atoms. The largest absolute Gasteiger partial charge is 0.308 e. The van der Waals surface area contributed by atoms with Gasteiger partial charge in [0, 0.05) is 37.1 Å². The zero-order valence-corrected chi connectivity index (χ0v) is 14.0. The van der Waals surface area contributed by atoms with Crippen LogP contribution in [0.5, 0.6) is 0 Å². The number of thiazole rings is 1. The Balaban J connectivity index is 1.77. The first kappa shape index (κ1) is 15.9. The molecule has 0 amide bonds. The Morgan fingerprint density at radius 2 is 2.35 bits per heavy atom. The molecule has 0 radical (unpaired) electrons. The van der Waals surface area contributed by atoms with Gasteiger partial charge < -0.3 is 10.2 Å². The van der Waals surface area contributed by atoms with E-state index in [1.54, 1.807) is 11.3 Å². The summed E-state index contributed by atoms with van der Waals surface area (Å²) in [6.45, 7) is 8.58.